The van der Waals surface area contributed by atoms with Crippen molar-refractivity contribution in [2.24, 2.45) is 0 Å². The van der Waals surface area contributed by atoms with Gasteiger partial charge in [-0.2, -0.15) is 0 Å². The minimum atomic E-state index is 0.214. The van der Waals surface area contributed by atoms with Crippen molar-refractivity contribution in [3.63, 3.8) is 0 Å². The van der Waals surface area contributed by atoms with Gasteiger partial charge in [0.25, 0.3) is 0 Å². The molecule has 0 aliphatic carbocycles. The molecule has 0 aromatic heterocycles. The Morgan fingerprint density at radius 3 is 1.64 bits per heavy atom. The van der Waals surface area contributed by atoms with Gasteiger partial charge in [0.1, 0.15) is 12.4 Å². The van der Waals surface area contributed by atoms with Gasteiger partial charge in [-0.3, -0.25) is 9.80 Å². The van der Waals surface area contributed by atoms with Crippen molar-refractivity contribution >= 4 is 0 Å². The molecule has 166 valence electrons. The Morgan fingerprint density at radius 1 is 0.576 bits per heavy atom. The van der Waals surface area contributed by atoms with Crippen LogP contribution < -0.4 is 4.74 Å². The Kier molecular flexibility index (Phi) is 6.81. The van der Waals surface area contributed by atoms with Crippen molar-refractivity contribution in [3.05, 3.63) is 138 Å². The van der Waals surface area contributed by atoms with Crippen molar-refractivity contribution in [3.8, 4) is 5.75 Å². The lowest BCUT2D eigenvalue weighted by atomic mass is 10.1. The van der Waals surface area contributed by atoms with Crippen LogP contribution in [0.3, 0.4) is 0 Å². The molecule has 0 atom stereocenters. The molecule has 1 fully saturated rings. The molecule has 4 aromatic carbocycles. The zero-order valence-corrected chi connectivity index (χ0v) is 18.9. The van der Waals surface area contributed by atoms with Crippen LogP contribution in [-0.2, 0) is 19.7 Å². The van der Waals surface area contributed by atoms with Crippen LogP contribution >= 0.6 is 0 Å². The molecule has 0 N–H and O–H groups in total. The van der Waals surface area contributed by atoms with Crippen LogP contribution in [0.5, 0.6) is 5.75 Å². The van der Waals surface area contributed by atoms with E-state index < -0.39 is 0 Å². The zero-order valence-electron chi connectivity index (χ0n) is 18.9. The van der Waals surface area contributed by atoms with Crippen LogP contribution in [0.25, 0.3) is 0 Å². The minimum Gasteiger partial charge on any atom is -0.489 e. The lowest BCUT2D eigenvalue weighted by Crippen LogP contribution is -2.30. The van der Waals surface area contributed by atoms with Crippen molar-refractivity contribution in [1.82, 2.24) is 9.80 Å². The maximum atomic E-state index is 6.16. The monoisotopic (exact) mass is 434 g/mol. The third-order valence-corrected chi connectivity index (χ3v) is 6.23. The summed E-state index contributed by atoms with van der Waals surface area (Å²) in [5, 5.41) is 0. The third-order valence-electron chi connectivity index (χ3n) is 6.23. The lowest BCUT2D eigenvalue weighted by molar-refractivity contribution is 0.125. The molecule has 3 nitrogen and oxygen atoms in total. The molecule has 1 saturated heterocycles. The fourth-order valence-corrected chi connectivity index (χ4v) is 4.63. The van der Waals surface area contributed by atoms with Gasteiger partial charge in [-0.05, 0) is 34.4 Å². The number of nitrogens with zero attached hydrogens (tertiary/aromatic N) is 2. The number of hydrogen-bond acceptors (Lipinski definition) is 3. The first-order chi connectivity index (χ1) is 16.3. The summed E-state index contributed by atoms with van der Waals surface area (Å²) in [6.07, 6.45) is 0.214. The van der Waals surface area contributed by atoms with Gasteiger partial charge in [-0.1, -0.05) is 103 Å². The highest BCUT2D eigenvalue weighted by molar-refractivity contribution is 5.32. The van der Waals surface area contributed by atoms with E-state index in [0.717, 1.165) is 31.9 Å². The number of benzene rings is 4. The molecule has 0 saturated carbocycles. The Bertz CT molecular complexity index is 1080. The minimum absolute atomic E-state index is 0.214. The summed E-state index contributed by atoms with van der Waals surface area (Å²) >= 11 is 0. The average molecular weight is 435 g/mol. The molecule has 1 heterocycles. The van der Waals surface area contributed by atoms with Crippen molar-refractivity contribution in [1.29, 1.82) is 0 Å². The molecule has 1 aliphatic heterocycles. The second-order valence-corrected chi connectivity index (χ2v) is 8.63. The largest absolute Gasteiger partial charge is 0.489 e. The van der Waals surface area contributed by atoms with Gasteiger partial charge in [0.2, 0.25) is 0 Å². The van der Waals surface area contributed by atoms with E-state index in [2.05, 4.69) is 119 Å². The Labute approximate surface area is 196 Å². The molecule has 33 heavy (non-hydrogen) atoms. The van der Waals surface area contributed by atoms with Gasteiger partial charge in [-0.15, -0.1) is 0 Å². The van der Waals surface area contributed by atoms with E-state index in [1.807, 2.05) is 6.07 Å². The second kappa shape index (κ2) is 10.5. The lowest BCUT2D eigenvalue weighted by Gasteiger charge is -2.31. The van der Waals surface area contributed by atoms with Gasteiger partial charge < -0.3 is 4.74 Å². The standard InChI is InChI=1S/C30H30N2O/c1-4-11-25(12-5-1)22-31-19-20-32(23-26-13-6-2-7-14-26)30(31)28-17-10-18-29(21-28)33-24-27-15-8-3-9-16-27/h1-18,21,30H,19-20,22-24H2. The smallest absolute Gasteiger partial charge is 0.120 e. The quantitative estimate of drug-likeness (QED) is 0.324. The van der Waals surface area contributed by atoms with Gasteiger partial charge in [0.05, 0.1) is 6.17 Å². The molecule has 4 aromatic rings. The topological polar surface area (TPSA) is 15.7 Å². The maximum Gasteiger partial charge on any atom is 0.120 e. The molecule has 0 bridgehead atoms. The van der Waals surface area contributed by atoms with Gasteiger partial charge in [0.15, 0.2) is 0 Å². The van der Waals surface area contributed by atoms with Crippen LogP contribution in [0.15, 0.2) is 115 Å². The summed E-state index contributed by atoms with van der Waals surface area (Å²) in [5.41, 5.74) is 5.16. The summed E-state index contributed by atoms with van der Waals surface area (Å²) in [5.74, 6) is 0.919. The molecule has 1 aliphatic rings. The first-order valence-corrected chi connectivity index (χ1v) is 11.7. The molecule has 0 unspecified atom stereocenters. The Hall–Kier alpha value is -3.40. The molecular formula is C30H30N2O. The third kappa shape index (κ3) is 5.51. The Morgan fingerprint density at radius 2 is 1.09 bits per heavy atom. The highest BCUT2D eigenvalue weighted by Gasteiger charge is 2.33. The predicted octanol–water partition coefficient (Wildman–Crippen LogP) is 6.28. The molecule has 3 heteroatoms. The van der Waals surface area contributed by atoms with Gasteiger partial charge >= 0.3 is 0 Å². The number of ether oxygens (including phenoxy) is 1. The summed E-state index contributed by atoms with van der Waals surface area (Å²) in [6.45, 7) is 4.54. The summed E-state index contributed by atoms with van der Waals surface area (Å²) in [7, 11) is 0. The van der Waals surface area contributed by atoms with E-state index >= 15 is 0 Å². The summed E-state index contributed by atoms with van der Waals surface area (Å²) < 4.78 is 6.16. The molecule has 0 radical (unpaired) electrons. The fraction of sp³-hybridized carbons (Fsp3) is 0.200. The average Bonchev–Trinajstić information content (AvgIpc) is 3.26. The van der Waals surface area contributed by atoms with E-state index in [0.29, 0.717) is 6.61 Å². The van der Waals surface area contributed by atoms with Crippen LogP contribution in [0, 0.1) is 0 Å². The van der Waals surface area contributed by atoms with Crippen LogP contribution in [0.2, 0.25) is 0 Å². The van der Waals surface area contributed by atoms with Crippen molar-refractivity contribution in [2.45, 2.75) is 25.9 Å². The molecular weight excluding hydrogens is 404 g/mol. The first kappa shape index (κ1) is 21.4. The highest BCUT2D eigenvalue weighted by Crippen LogP contribution is 2.34. The fourth-order valence-electron chi connectivity index (χ4n) is 4.63. The van der Waals surface area contributed by atoms with Crippen molar-refractivity contribution < 1.29 is 4.74 Å². The maximum absolute atomic E-state index is 6.16. The van der Waals surface area contributed by atoms with E-state index in [4.69, 9.17) is 4.74 Å². The van der Waals surface area contributed by atoms with Crippen LogP contribution in [0.1, 0.15) is 28.4 Å². The number of hydrogen-bond donors (Lipinski definition) is 0. The summed E-state index contributed by atoms with van der Waals surface area (Å²) in [6, 6.07) is 40.5. The normalized spacial score (nSPS) is 15.0. The van der Waals surface area contributed by atoms with E-state index in [1.54, 1.807) is 0 Å². The van der Waals surface area contributed by atoms with Crippen molar-refractivity contribution in [2.75, 3.05) is 13.1 Å². The SMILES string of the molecule is c1ccc(COc2cccc(C3N(Cc4ccccc4)CCN3Cc3ccccc3)c2)cc1. The first-order valence-electron chi connectivity index (χ1n) is 11.7. The second-order valence-electron chi connectivity index (χ2n) is 8.63. The predicted molar refractivity (Wildman–Crippen MR) is 134 cm³/mol. The Balaban J connectivity index is 1.38. The highest BCUT2D eigenvalue weighted by atomic mass is 16.5. The van der Waals surface area contributed by atoms with Gasteiger partial charge in [-0.25, -0.2) is 0 Å². The van der Waals surface area contributed by atoms with Gasteiger partial charge in [0, 0.05) is 26.2 Å². The molecule has 5 rings (SSSR count). The van der Waals surface area contributed by atoms with Crippen LogP contribution in [0.4, 0.5) is 0 Å². The van der Waals surface area contributed by atoms with E-state index in [-0.39, 0.29) is 6.17 Å². The van der Waals surface area contributed by atoms with E-state index in [9.17, 15) is 0 Å². The molecule has 0 spiro atoms. The zero-order chi connectivity index (χ0) is 22.3. The number of rotatable bonds is 8. The molecule has 0 amide bonds. The summed E-state index contributed by atoms with van der Waals surface area (Å²) in [4.78, 5) is 5.16. The van der Waals surface area contributed by atoms with E-state index in [1.165, 1.54) is 22.3 Å². The van der Waals surface area contributed by atoms with Crippen LogP contribution in [-0.4, -0.2) is 22.9 Å².